The van der Waals surface area contributed by atoms with Crippen molar-refractivity contribution in [3.05, 3.63) is 48.6 Å². The number of rotatable bonds is 5. The number of carbonyl (C=O) groups excluding carboxylic acids is 1. The van der Waals surface area contributed by atoms with E-state index < -0.39 is 11.7 Å². The highest BCUT2D eigenvalue weighted by Gasteiger charge is 2.38. The summed E-state index contributed by atoms with van der Waals surface area (Å²) in [6.45, 7) is 10.1. The van der Waals surface area contributed by atoms with Crippen LogP contribution in [-0.2, 0) is 20.8 Å². The molecule has 1 aromatic carbocycles. The minimum Gasteiger partial charge on any atom is -0.444 e. The second kappa shape index (κ2) is 7.62. The molecule has 0 aromatic heterocycles. The maximum absolute atomic E-state index is 12.0. The third-order valence-electron chi connectivity index (χ3n) is 3.41. The fraction of sp³-hybridized carbons (Fsp3) is 0.500. The summed E-state index contributed by atoms with van der Waals surface area (Å²) in [5, 5.41) is 2.83. The van der Waals surface area contributed by atoms with Crippen LogP contribution in [0.2, 0.25) is 0 Å². The third kappa shape index (κ3) is 5.37. The normalized spacial score (nSPS) is 24.2. The molecule has 1 N–H and O–H groups in total. The highest BCUT2D eigenvalue weighted by Crippen LogP contribution is 2.21. The molecular weight excluding hydrogens is 294 g/mol. The second-order valence-electron chi connectivity index (χ2n) is 6.55. The molecule has 1 saturated heterocycles. The summed E-state index contributed by atoms with van der Waals surface area (Å²) in [5.41, 5.74) is 0.528. The summed E-state index contributed by atoms with van der Waals surface area (Å²) >= 11 is 0. The van der Waals surface area contributed by atoms with Gasteiger partial charge < -0.3 is 19.5 Å². The first kappa shape index (κ1) is 17.5. The van der Waals surface area contributed by atoms with Gasteiger partial charge in [0.15, 0.2) is 0 Å². The van der Waals surface area contributed by atoms with Crippen molar-refractivity contribution >= 4 is 6.09 Å². The largest absolute Gasteiger partial charge is 0.444 e. The van der Waals surface area contributed by atoms with E-state index in [1.165, 1.54) is 0 Å². The van der Waals surface area contributed by atoms with Crippen molar-refractivity contribution in [1.82, 2.24) is 5.32 Å². The molecule has 23 heavy (non-hydrogen) atoms. The molecule has 1 aromatic rings. The summed E-state index contributed by atoms with van der Waals surface area (Å²) in [4.78, 5) is 12.0. The van der Waals surface area contributed by atoms with Crippen LogP contribution in [0.4, 0.5) is 4.79 Å². The number of nitrogens with one attached hydrogen (secondary N) is 1. The standard InChI is InChI=1S/C18H25NO4/c1-5-15-16(22-11-13-9-7-6-8-10-13)14(12-21-15)19-17(20)23-18(2,3)4/h5-10,14-16H,1,11-12H2,2-4H3,(H,19,20)/t14-,15+,16-/m0/s1. The molecule has 1 heterocycles. The Morgan fingerprint density at radius 3 is 2.70 bits per heavy atom. The zero-order chi connectivity index (χ0) is 16.9. The fourth-order valence-electron chi connectivity index (χ4n) is 2.40. The average Bonchev–Trinajstić information content (AvgIpc) is 2.86. The molecule has 1 fully saturated rings. The van der Waals surface area contributed by atoms with Crippen LogP contribution < -0.4 is 5.32 Å². The first-order valence-corrected chi connectivity index (χ1v) is 7.78. The highest BCUT2D eigenvalue weighted by atomic mass is 16.6. The Morgan fingerprint density at radius 1 is 1.39 bits per heavy atom. The van der Waals surface area contributed by atoms with Crippen molar-refractivity contribution in [2.45, 2.75) is 51.2 Å². The average molecular weight is 319 g/mol. The first-order valence-electron chi connectivity index (χ1n) is 7.78. The molecule has 2 rings (SSSR count). The van der Waals surface area contributed by atoms with E-state index in [1.807, 2.05) is 51.1 Å². The Balaban J connectivity index is 1.95. The Kier molecular flexibility index (Phi) is 5.80. The number of hydrogen-bond donors (Lipinski definition) is 1. The summed E-state index contributed by atoms with van der Waals surface area (Å²) in [7, 11) is 0. The van der Waals surface area contributed by atoms with E-state index in [0.717, 1.165) is 5.56 Å². The van der Waals surface area contributed by atoms with Crippen molar-refractivity contribution in [1.29, 1.82) is 0 Å². The second-order valence-corrected chi connectivity index (χ2v) is 6.55. The van der Waals surface area contributed by atoms with Gasteiger partial charge in [-0.15, -0.1) is 6.58 Å². The maximum atomic E-state index is 12.0. The van der Waals surface area contributed by atoms with Gasteiger partial charge in [0.25, 0.3) is 0 Å². The Morgan fingerprint density at radius 2 is 2.09 bits per heavy atom. The van der Waals surface area contributed by atoms with E-state index in [9.17, 15) is 4.79 Å². The van der Waals surface area contributed by atoms with E-state index in [-0.39, 0.29) is 18.2 Å². The Hall–Kier alpha value is -1.85. The lowest BCUT2D eigenvalue weighted by molar-refractivity contribution is -0.00609. The number of hydrogen-bond acceptors (Lipinski definition) is 4. The topological polar surface area (TPSA) is 56.8 Å². The van der Waals surface area contributed by atoms with E-state index in [1.54, 1.807) is 6.08 Å². The predicted octanol–water partition coefficient (Wildman–Crippen LogP) is 3.05. The quantitative estimate of drug-likeness (QED) is 0.848. The number of benzene rings is 1. The summed E-state index contributed by atoms with van der Waals surface area (Å²) < 4.78 is 16.9. The number of carbonyl (C=O) groups is 1. The summed E-state index contributed by atoms with van der Waals surface area (Å²) in [6, 6.07) is 9.61. The Bertz CT molecular complexity index is 524. The lowest BCUT2D eigenvalue weighted by atomic mass is 10.1. The molecule has 1 amide bonds. The van der Waals surface area contributed by atoms with Crippen molar-refractivity contribution in [2.24, 2.45) is 0 Å². The summed E-state index contributed by atoms with van der Waals surface area (Å²) in [5.74, 6) is 0. The van der Waals surface area contributed by atoms with Crippen LogP contribution in [0.25, 0.3) is 0 Å². The molecule has 0 saturated carbocycles. The molecule has 5 nitrogen and oxygen atoms in total. The van der Waals surface area contributed by atoms with Crippen LogP contribution in [-0.4, -0.2) is 36.6 Å². The first-order chi connectivity index (χ1) is 10.9. The van der Waals surface area contributed by atoms with Gasteiger partial charge in [0.2, 0.25) is 0 Å². The van der Waals surface area contributed by atoms with E-state index in [4.69, 9.17) is 14.2 Å². The molecule has 0 unspecified atom stereocenters. The van der Waals surface area contributed by atoms with Gasteiger partial charge in [0.1, 0.15) is 17.8 Å². The molecule has 1 aliphatic rings. The van der Waals surface area contributed by atoms with Gasteiger partial charge in [-0.1, -0.05) is 36.4 Å². The lowest BCUT2D eigenvalue weighted by Crippen LogP contribution is -2.47. The monoisotopic (exact) mass is 319 g/mol. The van der Waals surface area contributed by atoms with Crippen LogP contribution in [0, 0.1) is 0 Å². The zero-order valence-electron chi connectivity index (χ0n) is 14.0. The van der Waals surface area contributed by atoms with Gasteiger partial charge in [-0.3, -0.25) is 0 Å². The summed E-state index contributed by atoms with van der Waals surface area (Å²) in [6.07, 6.45) is 0.690. The molecule has 0 aliphatic carbocycles. The number of alkyl carbamates (subject to hydrolysis) is 1. The van der Waals surface area contributed by atoms with Crippen molar-refractivity contribution < 1.29 is 19.0 Å². The van der Waals surface area contributed by atoms with E-state index in [0.29, 0.717) is 13.2 Å². The van der Waals surface area contributed by atoms with Gasteiger partial charge in [0, 0.05) is 0 Å². The van der Waals surface area contributed by atoms with Crippen LogP contribution in [0.15, 0.2) is 43.0 Å². The van der Waals surface area contributed by atoms with Crippen molar-refractivity contribution in [2.75, 3.05) is 6.61 Å². The smallest absolute Gasteiger partial charge is 0.408 e. The van der Waals surface area contributed by atoms with Gasteiger partial charge in [-0.2, -0.15) is 0 Å². The van der Waals surface area contributed by atoms with Gasteiger partial charge in [-0.05, 0) is 26.3 Å². The van der Waals surface area contributed by atoms with E-state index in [2.05, 4.69) is 11.9 Å². The van der Waals surface area contributed by atoms with Gasteiger partial charge in [-0.25, -0.2) is 4.79 Å². The van der Waals surface area contributed by atoms with Crippen LogP contribution in [0.5, 0.6) is 0 Å². The van der Waals surface area contributed by atoms with Crippen molar-refractivity contribution in [3.8, 4) is 0 Å². The van der Waals surface area contributed by atoms with Gasteiger partial charge in [0.05, 0.1) is 19.3 Å². The third-order valence-corrected chi connectivity index (χ3v) is 3.41. The van der Waals surface area contributed by atoms with Crippen molar-refractivity contribution in [3.63, 3.8) is 0 Å². The maximum Gasteiger partial charge on any atom is 0.408 e. The molecule has 5 heteroatoms. The molecule has 1 aliphatic heterocycles. The molecule has 3 atom stereocenters. The molecule has 0 radical (unpaired) electrons. The zero-order valence-corrected chi connectivity index (χ0v) is 14.0. The minimum absolute atomic E-state index is 0.251. The van der Waals surface area contributed by atoms with E-state index >= 15 is 0 Å². The molecule has 0 spiro atoms. The lowest BCUT2D eigenvalue weighted by Gasteiger charge is -2.25. The van der Waals surface area contributed by atoms with Crippen LogP contribution in [0.3, 0.4) is 0 Å². The van der Waals surface area contributed by atoms with Crippen LogP contribution in [0.1, 0.15) is 26.3 Å². The molecular formula is C18H25NO4. The predicted molar refractivity (Wildman–Crippen MR) is 88.1 cm³/mol. The number of ether oxygens (including phenoxy) is 3. The Labute approximate surface area is 137 Å². The SMILES string of the molecule is C=C[C@H]1OC[C@H](NC(=O)OC(C)(C)C)[C@@H]1OCc1ccccc1. The fourth-order valence-corrected chi connectivity index (χ4v) is 2.40. The number of amides is 1. The molecule has 126 valence electrons. The minimum atomic E-state index is -0.540. The van der Waals surface area contributed by atoms with Crippen LogP contribution >= 0.6 is 0 Å². The highest BCUT2D eigenvalue weighted by molar-refractivity contribution is 5.68. The molecule has 0 bridgehead atoms. The van der Waals surface area contributed by atoms with Gasteiger partial charge >= 0.3 is 6.09 Å².